The fourth-order valence-corrected chi connectivity index (χ4v) is 1.47. The molecule has 15 heavy (non-hydrogen) atoms. The van der Waals surface area contributed by atoms with Crippen LogP contribution in [0.3, 0.4) is 0 Å². The lowest BCUT2D eigenvalue weighted by molar-refractivity contribution is -0.253. The number of aliphatic hydroxyl groups is 4. The Morgan fingerprint density at radius 2 is 2.20 bits per heavy atom. The maximum atomic E-state index is 10.9. The van der Waals surface area contributed by atoms with Gasteiger partial charge in [0.25, 0.3) is 0 Å². The lowest BCUT2D eigenvalue weighted by atomic mass is 9.97. The zero-order valence-electron chi connectivity index (χ0n) is 9.16. The first kappa shape index (κ1) is 10.8. The quantitative estimate of drug-likeness (QED) is 0.345. The number of nitrogens with one attached hydrogen (secondary N) is 1. The lowest BCUT2D eigenvalue weighted by Gasteiger charge is -2.40. The van der Waals surface area contributed by atoms with Crippen LogP contribution < -0.4 is 5.32 Å². The van der Waals surface area contributed by atoms with Crippen molar-refractivity contribution in [1.29, 1.82) is 1.43 Å². The van der Waals surface area contributed by atoms with Crippen molar-refractivity contribution < 1.29 is 30.0 Å². The molecule has 1 heterocycles. The zero-order chi connectivity index (χ0) is 12.3. The maximum Gasteiger partial charge on any atom is 0.217 e. The molecule has 0 aromatic rings. The van der Waals surface area contributed by atoms with E-state index in [9.17, 15) is 15.0 Å². The molecule has 88 valence electrons. The Kier molecular flexibility index (Phi) is 3.49. The van der Waals surface area contributed by atoms with Crippen LogP contribution in [0.5, 0.6) is 0 Å². The summed E-state index contributed by atoms with van der Waals surface area (Å²) < 4.78 is 11.7. The Morgan fingerprint density at radius 1 is 1.53 bits per heavy atom. The third-order valence-electron chi connectivity index (χ3n) is 2.25. The molecule has 1 aliphatic rings. The average molecular weight is 222 g/mol. The molecule has 0 radical (unpaired) electrons. The minimum Gasteiger partial charge on any atom is -0.394 e. The molecule has 0 aromatic heterocycles. The zero-order valence-corrected chi connectivity index (χ0v) is 8.16. The molecule has 7 nitrogen and oxygen atoms in total. The SMILES string of the molecule is [2H]OC1O[C@H](CO)[C@@H](O)[C@H](O)[C@H]1NC(C)=O. The number of hydrogen-bond acceptors (Lipinski definition) is 6. The Morgan fingerprint density at radius 3 is 2.67 bits per heavy atom. The minimum absolute atomic E-state index is 0.454. The molecule has 1 aliphatic heterocycles. The molecule has 1 saturated heterocycles. The summed E-state index contributed by atoms with van der Waals surface area (Å²) >= 11 is 0. The van der Waals surface area contributed by atoms with Gasteiger partial charge in [0.05, 0.1) is 6.61 Å². The van der Waals surface area contributed by atoms with Gasteiger partial charge in [-0.25, -0.2) is 0 Å². The van der Waals surface area contributed by atoms with Gasteiger partial charge in [-0.3, -0.25) is 4.79 Å². The van der Waals surface area contributed by atoms with Gasteiger partial charge in [-0.05, 0) is 0 Å². The van der Waals surface area contributed by atoms with Crippen LogP contribution >= 0.6 is 0 Å². The molecule has 0 bridgehead atoms. The van der Waals surface area contributed by atoms with Crippen LogP contribution in [-0.2, 0) is 9.53 Å². The van der Waals surface area contributed by atoms with Gasteiger partial charge in [-0.15, -0.1) is 0 Å². The molecule has 1 amide bonds. The molecule has 1 rings (SSSR count). The minimum atomic E-state index is -1.37. The Hall–Kier alpha value is -0.730. The van der Waals surface area contributed by atoms with Crippen molar-refractivity contribution in [2.24, 2.45) is 0 Å². The van der Waals surface area contributed by atoms with Crippen LogP contribution in [0.25, 0.3) is 0 Å². The van der Waals surface area contributed by atoms with Gasteiger partial charge < -0.3 is 30.5 Å². The van der Waals surface area contributed by atoms with Crippen molar-refractivity contribution in [3.63, 3.8) is 0 Å². The highest BCUT2D eigenvalue weighted by atomic mass is 16.6. The standard InChI is InChI=1S/C8H15NO6/c1-3(11)9-5-7(13)6(12)4(2-10)15-8(5)14/h4-8,10,12-14H,2H2,1H3,(H,9,11)/t4-,5-,6-,7-,8?/m1/s1/i14D. The van der Waals surface area contributed by atoms with E-state index in [1.807, 2.05) is 0 Å². The number of amides is 1. The fraction of sp³-hybridized carbons (Fsp3) is 0.875. The predicted molar refractivity (Wildman–Crippen MR) is 47.6 cm³/mol. The van der Waals surface area contributed by atoms with Gasteiger partial charge in [0.2, 0.25) is 7.34 Å². The number of carbonyl (C=O) groups is 1. The third-order valence-corrected chi connectivity index (χ3v) is 2.25. The van der Waals surface area contributed by atoms with Crippen LogP contribution in [-0.4, -0.2) is 65.0 Å². The Balaban J connectivity index is 2.77. The summed E-state index contributed by atoms with van der Waals surface area (Å²) in [6.07, 6.45) is -5.01. The fourth-order valence-electron chi connectivity index (χ4n) is 1.47. The van der Waals surface area contributed by atoms with Crippen LogP contribution in [0.1, 0.15) is 6.92 Å². The normalized spacial score (nSPS) is 42.1. The van der Waals surface area contributed by atoms with Crippen LogP contribution in [0, 0.1) is 0 Å². The number of ether oxygens (including phenoxy) is 1. The van der Waals surface area contributed by atoms with Crippen molar-refractivity contribution in [3.8, 4) is 0 Å². The molecule has 5 N–H and O–H groups in total. The Labute approximate surface area is 87.8 Å². The van der Waals surface area contributed by atoms with Gasteiger partial charge in [0.15, 0.2) is 6.29 Å². The summed E-state index contributed by atoms with van der Waals surface area (Å²) in [7, 11) is 0. The number of aliphatic hydroxyl groups excluding tert-OH is 4. The molecule has 0 aliphatic carbocycles. The largest absolute Gasteiger partial charge is 0.394 e. The summed E-state index contributed by atoms with van der Waals surface area (Å²) in [5.41, 5.74) is 0. The highest BCUT2D eigenvalue weighted by Crippen LogP contribution is 2.19. The van der Waals surface area contributed by atoms with E-state index >= 15 is 0 Å². The first-order chi connectivity index (χ1) is 7.51. The molecule has 1 unspecified atom stereocenters. The second kappa shape index (κ2) is 4.86. The molecule has 0 spiro atoms. The predicted octanol–water partition coefficient (Wildman–Crippen LogP) is -3.08. The van der Waals surface area contributed by atoms with Crippen molar-refractivity contribution in [3.05, 3.63) is 0 Å². The Bertz CT molecular complexity index is 251. The van der Waals surface area contributed by atoms with Crippen LogP contribution in [0.2, 0.25) is 0 Å². The highest BCUT2D eigenvalue weighted by Gasteiger charge is 2.43. The van der Waals surface area contributed by atoms with E-state index in [2.05, 4.69) is 10.4 Å². The van der Waals surface area contributed by atoms with E-state index in [1.54, 1.807) is 0 Å². The average Bonchev–Trinajstić information content (AvgIpc) is 2.25. The second-order valence-electron chi connectivity index (χ2n) is 3.43. The van der Waals surface area contributed by atoms with Crippen molar-refractivity contribution >= 4 is 5.91 Å². The molecular weight excluding hydrogens is 206 g/mol. The van der Waals surface area contributed by atoms with E-state index in [0.717, 1.165) is 0 Å². The topological polar surface area (TPSA) is 119 Å². The number of carbonyl (C=O) groups excluding carboxylic acids is 1. The van der Waals surface area contributed by atoms with Gasteiger partial charge in [-0.1, -0.05) is 0 Å². The first-order valence-corrected chi connectivity index (χ1v) is 4.52. The van der Waals surface area contributed by atoms with E-state index in [0.29, 0.717) is 0 Å². The van der Waals surface area contributed by atoms with Gasteiger partial charge >= 0.3 is 0 Å². The maximum absolute atomic E-state index is 10.9. The van der Waals surface area contributed by atoms with Crippen molar-refractivity contribution in [2.45, 2.75) is 37.6 Å². The smallest absolute Gasteiger partial charge is 0.217 e. The number of hydrogen-bond donors (Lipinski definition) is 5. The summed E-state index contributed by atoms with van der Waals surface area (Å²) in [6.45, 7) is 0.698. The molecule has 0 saturated carbocycles. The van der Waals surface area contributed by atoms with Gasteiger partial charge in [0, 0.05) is 6.92 Å². The highest BCUT2D eigenvalue weighted by molar-refractivity contribution is 5.73. The van der Waals surface area contributed by atoms with E-state index in [4.69, 9.17) is 11.3 Å². The van der Waals surface area contributed by atoms with Gasteiger partial charge in [-0.2, -0.15) is 0 Å². The van der Waals surface area contributed by atoms with Gasteiger partial charge in [0.1, 0.15) is 24.4 Å². The second-order valence-corrected chi connectivity index (χ2v) is 3.43. The lowest BCUT2D eigenvalue weighted by Crippen LogP contribution is -2.63. The molecule has 7 heteroatoms. The summed E-state index contributed by atoms with van der Waals surface area (Å²) in [5.74, 6) is -0.454. The van der Waals surface area contributed by atoms with Crippen molar-refractivity contribution in [1.82, 2.24) is 5.32 Å². The summed E-state index contributed by atoms with van der Waals surface area (Å²) in [5, 5.41) is 34.6. The molecule has 1 fully saturated rings. The third kappa shape index (κ3) is 2.64. The summed E-state index contributed by atoms with van der Waals surface area (Å²) in [4.78, 5) is 10.9. The van der Waals surface area contributed by atoms with Crippen LogP contribution in [0.15, 0.2) is 0 Å². The molecule has 5 atom stereocenters. The van der Waals surface area contributed by atoms with E-state index < -0.39 is 43.2 Å². The van der Waals surface area contributed by atoms with E-state index in [-0.39, 0.29) is 0 Å². The molecular formula is C8H15NO6. The number of rotatable bonds is 3. The van der Waals surface area contributed by atoms with Crippen LogP contribution in [0.4, 0.5) is 0 Å². The van der Waals surface area contributed by atoms with Crippen molar-refractivity contribution in [2.75, 3.05) is 6.61 Å². The summed E-state index contributed by atoms with van der Waals surface area (Å²) in [6, 6.07) is -1.05. The monoisotopic (exact) mass is 222 g/mol. The molecule has 0 aromatic carbocycles. The first-order valence-electron chi connectivity index (χ1n) is 4.93. The van der Waals surface area contributed by atoms with E-state index in [1.165, 1.54) is 6.92 Å².